The Balaban J connectivity index is 1.33. The minimum absolute atomic E-state index is 0.312. The van der Waals surface area contributed by atoms with Crippen molar-refractivity contribution in [1.29, 1.82) is 0 Å². The van der Waals surface area contributed by atoms with Gasteiger partial charge in [-0.15, -0.1) is 11.8 Å². The second-order valence-electron chi connectivity index (χ2n) is 6.15. The molecule has 0 saturated carbocycles. The van der Waals surface area contributed by atoms with E-state index in [2.05, 4.69) is 21.9 Å². The summed E-state index contributed by atoms with van der Waals surface area (Å²) in [5.74, 6) is 1.87. The number of carbonyl (C=O) groups is 1. The van der Waals surface area contributed by atoms with Gasteiger partial charge in [0.15, 0.2) is 0 Å². The molecule has 2 saturated heterocycles. The Morgan fingerprint density at radius 2 is 1.70 bits per heavy atom. The number of hydrogen-bond donors (Lipinski definition) is 0. The molecule has 126 valence electrons. The normalized spacial score (nSPS) is 19.6. The van der Waals surface area contributed by atoms with Crippen LogP contribution in [0.1, 0.15) is 12.8 Å². The average Bonchev–Trinajstić information content (AvgIpc) is 2.98. The number of thioether (sulfide) groups is 1. The van der Waals surface area contributed by atoms with Gasteiger partial charge in [0.1, 0.15) is 0 Å². The number of rotatable bonds is 6. The maximum Gasteiger partial charge on any atom is 0.233 e. The number of halogens is 1. The molecule has 0 aliphatic carbocycles. The fraction of sp³-hybridized carbons (Fsp3) is 0.588. The van der Waals surface area contributed by atoms with Gasteiger partial charge in [0, 0.05) is 43.4 Å². The summed E-state index contributed by atoms with van der Waals surface area (Å²) in [6, 6.07) is 8.12. The first kappa shape index (κ1) is 16.9. The summed E-state index contributed by atoms with van der Waals surface area (Å²) in [7, 11) is 0. The molecule has 0 unspecified atom stereocenters. The van der Waals surface area contributed by atoms with Gasteiger partial charge >= 0.3 is 0 Å². The number of carbonyl (C=O) groups excluding carboxylic acids is 1. The number of benzene rings is 1. The fourth-order valence-corrected chi connectivity index (χ4v) is 4.18. The van der Waals surface area contributed by atoms with E-state index in [0.717, 1.165) is 56.6 Å². The Kier molecular flexibility index (Phi) is 6.08. The zero-order chi connectivity index (χ0) is 16.1. The standard InChI is InChI=1S/C17H24ClN3OS/c18-15-3-5-16(6-4-15)20-11-9-19(10-12-20)7-1-2-8-21-14-23-13-17(21)22/h3-6H,1-2,7-14H2. The second-order valence-corrected chi connectivity index (χ2v) is 7.54. The van der Waals surface area contributed by atoms with Crippen molar-refractivity contribution in [2.45, 2.75) is 12.8 Å². The molecule has 2 aliphatic rings. The summed E-state index contributed by atoms with van der Waals surface area (Å²) in [5.41, 5.74) is 1.26. The molecule has 0 radical (unpaired) electrons. The number of anilines is 1. The lowest BCUT2D eigenvalue weighted by Crippen LogP contribution is -2.46. The van der Waals surface area contributed by atoms with Crippen molar-refractivity contribution in [1.82, 2.24) is 9.80 Å². The number of nitrogens with zero attached hydrogens (tertiary/aromatic N) is 3. The number of amides is 1. The van der Waals surface area contributed by atoms with Crippen molar-refractivity contribution in [3.05, 3.63) is 29.3 Å². The first-order valence-electron chi connectivity index (χ1n) is 8.31. The molecule has 3 rings (SSSR count). The fourth-order valence-electron chi connectivity index (χ4n) is 3.12. The molecular weight excluding hydrogens is 330 g/mol. The van der Waals surface area contributed by atoms with E-state index in [1.165, 1.54) is 12.1 Å². The lowest BCUT2D eigenvalue weighted by molar-refractivity contribution is -0.126. The van der Waals surface area contributed by atoms with E-state index in [9.17, 15) is 4.79 Å². The first-order valence-corrected chi connectivity index (χ1v) is 9.84. The van der Waals surface area contributed by atoms with E-state index in [4.69, 9.17) is 11.6 Å². The monoisotopic (exact) mass is 353 g/mol. The second kappa shape index (κ2) is 8.27. The van der Waals surface area contributed by atoms with Crippen molar-refractivity contribution in [2.75, 3.05) is 55.8 Å². The summed E-state index contributed by atoms with van der Waals surface area (Å²) in [4.78, 5) is 18.5. The van der Waals surface area contributed by atoms with Crippen LogP contribution in [0.5, 0.6) is 0 Å². The lowest BCUT2D eigenvalue weighted by Gasteiger charge is -2.36. The van der Waals surface area contributed by atoms with E-state index in [1.807, 2.05) is 17.0 Å². The summed E-state index contributed by atoms with van der Waals surface area (Å²) >= 11 is 7.68. The van der Waals surface area contributed by atoms with Crippen LogP contribution in [-0.2, 0) is 4.79 Å². The molecule has 0 N–H and O–H groups in total. The molecule has 23 heavy (non-hydrogen) atoms. The molecule has 0 aromatic heterocycles. The summed E-state index contributed by atoms with van der Waals surface area (Å²) in [5, 5.41) is 0.794. The van der Waals surface area contributed by atoms with Crippen LogP contribution in [0.4, 0.5) is 5.69 Å². The third-order valence-electron chi connectivity index (χ3n) is 4.54. The highest BCUT2D eigenvalue weighted by atomic mass is 35.5. The minimum Gasteiger partial charge on any atom is -0.369 e. The van der Waals surface area contributed by atoms with Crippen LogP contribution >= 0.6 is 23.4 Å². The average molecular weight is 354 g/mol. The van der Waals surface area contributed by atoms with Gasteiger partial charge in [-0.2, -0.15) is 0 Å². The highest BCUT2D eigenvalue weighted by Gasteiger charge is 2.20. The van der Waals surface area contributed by atoms with Gasteiger partial charge in [0.25, 0.3) is 0 Å². The Bertz CT molecular complexity index is 517. The Labute approximate surface area is 147 Å². The lowest BCUT2D eigenvalue weighted by atomic mass is 10.2. The van der Waals surface area contributed by atoms with Crippen molar-refractivity contribution >= 4 is 35.0 Å². The zero-order valence-corrected chi connectivity index (χ0v) is 15.0. The third-order valence-corrected chi connectivity index (χ3v) is 5.74. The maximum absolute atomic E-state index is 11.5. The van der Waals surface area contributed by atoms with Gasteiger partial charge in [0.2, 0.25) is 5.91 Å². The van der Waals surface area contributed by atoms with Crippen LogP contribution < -0.4 is 4.90 Å². The molecule has 6 heteroatoms. The van der Waals surface area contributed by atoms with E-state index in [0.29, 0.717) is 11.7 Å². The molecule has 2 heterocycles. The molecule has 1 aromatic carbocycles. The zero-order valence-electron chi connectivity index (χ0n) is 13.4. The molecule has 4 nitrogen and oxygen atoms in total. The first-order chi connectivity index (χ1) is 11.2. The predicted octanol–water partition coefficient (Wildman–Crippen LogP) is 2.78. The highest BCUT2D eigenvalue weighted by Crippen LogP contribution is 2.20. The van der Waals surface area contributed by atoms with Gasteiger partial charge in [0.05, 0.1) is 11.6 Å². The highest BCUT2D eigenvalue weighted by molar-refractivity contribution is 8.00. The summed E-state index contributed by atoms with van der Waals surface area (Å²) in [6.07, 6.45) is 2.29. The SMILES string of the molecule is O=C1CSCN1CCCCN1CCN(c2ccc(Cl)cc2)CC1. The quantitative estimate of drug-likeness (QED) is 0.735. The molecule has 1 aromatic rings. The van der Waals surface area contributed by atoms with Crippen molar-refractivity contribution in [3.63, 3.8) is 0 Å². The largest absolute Gasteiger partial charge is 0.369 e. The topological polar surface area (TPSA) is 26.8 Å². The van der Waals surface area contributed by atoms with Gasteiger partial charge in [-0.05, 0) is 43.7 Å². The Hall–Kier alpha value is -0.910. The number of hydrogen-bond acceptors (Lipinski definition) is 4. The van der Waals surface area contributed by atoms with E-state index in [1.54, 1.807) is 11.8 Å². The third kappa shape index (κ3) is 4.78. The molecule has 0 bridgehead atoms. The van der Waals surface area contributed by atoms with Crippen LogP contribution in [0.2, 0.25) is 5.02 Å². The Morgan fingerprint density at radius 3 is 2.35 bits per heavy atom. The van der Waals surface area contributed by atoms with Gasteiger partial charge < -0.3 is 9.80 Å². The van der Waals surface area contributed by atoms with Gasteiger partial charge in [-0.1, -0.05) is 11.6 Å². The molecule has 0 atom stereocenters. The minimum atomic E-state index is 0.312. The smallest absolute Gasteiger partial charge is 0.233 e. The van der Waals surface area contributed by atoms with Crippen LogP contribution in [0.25, 0.3) is 0 Å². The maximum atomic E-state index is 11.5. The van der Waals surface area contributed by atoms with Crippen LogP contribution in [0, 0.1) is 0 Å². The molecule has 2 fully saturated rings. The molecular formula is C17H24ClN3OS. The van der Waals surface area contributed by atoms with Gasteiger partial charge in [-0.25, -0.2) is 0 Å². The van der Waals surface area contributed by atoms with Crippen molar-refractivity contribution in [3.8, 4) is 0 Å². The van der Waals surface area contributed by atoms with E-state index >= 15 is 0 Å². The van der Waals surface area contributed by atoms with Crippen molar-refractivity contribution in [2.24, 2.45) is 0 Å². The van der Waals surface area contributed by atoms with Crippen LogP contribution in [-0.4, -0.2) is 66.6 Å². The molecule has 2 aliphatic heterocycles. The van der Waals surface area contributed by atoms with E-state index in [-0.39, 0.29) is 0 Å². The molecule has 0 spiro atoms. The summed E-state index contributed by atoms with van der Waals surface area (Å²) < 4.78 is 0. The predicted molar refractivity (Wildman–Crippen MR) is 98.4 cm³/mol. The van der Waals surface area contributed by atoms with E-state index < -0.39 is 0 Å². The molecule has 1 amide bonds. The van der Waals surface area contributed by atoms with Gasteiger partial charge in [-0.3, -0.25) is 9.69 Å². The number of unbranched alkanes of at least 4 members (excludes halogenated alkanes) is 1. The van der Waals surface area contributed by atoms with Crippen molar-refractivity contribution < 1.29 is 4.79 Å². The summed E-state index contributed by atoms with van der Waals surface area (Å²) in [6.45, 7) is 6.44. The van der Waals surface area contributed by atoms with Crippen LogP contribution in [0.3, 0.4) is 0 Å². The Morgan fingerprint density at radius 1 is 1.00 bits per heavy atom. The van der Waals surface area contributed by atoms with Crippen LogP contribution in [0.15, 0.2) is 24.3 Å². The number of piperazine rings is 1.